The Morgan fingerprint density at radius 3 is 2.77 bits per heavy atom. The number of aromatic amines is 1. The van der Waals surface area contributed by atoms with Gasteiger partial charge >= 0.3 is 0 Å². The molecule has 0 unspecified atom stereocenters. The fourth-order valence-corrected chi connectivity index (χ4v) is 5.05. The Bertz CT molecular complexity index is 1350. The van der Waals surface area contributed by atoms with Gasteiger partial charge in [0.2, 0.25) is 21.9 Å². The Labute approximate surface area is 169 Å². The number of nitrogens with zero attached hydrogens (tertiary/aromatic N) is 3. The first-order valence-electron chi connectivity index (χ1n) is 8.84. The summed E-state index contributed by atoms with van der Waals surface area (Å²) in [5.41, 5.74) is -0.287. The number of sulfonamides is 1. The van der Waals surface area contributed by atoms with Crippen LogP contribution in [0.1, 0.15) is 16.8 Å². The van der Waals surface area contributed by atoms with E-state index in [1.54, 1.807) is 7.05 Å². The molecule has 0 bridgehead atoms. The number of aldehydes is 1. The highest BCUT2D eigenvalue weighted by Crippen LogP contribution is 2.32. The van der Waals surface area contributed by atoms with Crippen LogP contribution in [0.4, 0.5) is 10.1 Å². The van der Waals surface area contributed by atoms with E-state index in [4.69, 9.17) is 0 Å². The molecule has 1 fully saturated rings. The predicted molar refractivity (Wildman–Crippen MR) is 104 cm³/mol. The Morgan fingerprint density at radius 2 is 2.13 bits per heavy atom. The van der Waals surface area contributed by atoms with Gasteiger partial charge in [0.1, 0.15) is 22.7 Å². The normalized spacial score (nSPS) is 16.9. The van der Waals surface area contributed by atoms with Crippen molar-refractivity contribution in [3.8, 4) is 0 Å². The number of pyridine rings is 1. The van der Waals surface area contributed by atoms with E-state index in [1.165, 1.54) is 29.0 Å². The average Bonchev–Trinajstić information content (AvgIpc) is 3.03. The summed E-state index contributed by atoms with van der Waals surface area (Å²) < 4.78 is 42.5. The van der Waals surface area contributed by atoms with E-state index in [1.807, 2.05) is 0 Å². The quantitative estimate of drug-likeness (QED) is 0.567. The molecule has 30 heavy (non-hydrogen) atoms. The van der Waals surface area contributed by atoms with Gasteiger partial charge < -0.3 is 9.88 Å². The highest BCUT2D eigenvalue weighted by atomic mass is 32.2. The summed E-state index contributed by atoms with van der Waals surface area (Å²) >= 11 is 0. The van der Waals surface area contributed by atoms with Gasteiger partial charge in [-0.05, 0) is 24.6 Å². The molecule has 2 aromatic heterocycles. The molecule has 10 nitrogen and oxygen atoms in total. The number of hydrogen-bond donors (Lipinski definition) is 2. The smallest absolute Gasteiger partial charge is 0.252 e. The molecule has 2 N–H and O–H groups in total. The minimum Gasteiger partial charge on any atom is -0.324 e. The van der Waals surface area contributed by atoms with Crippen LogP contribution in [-0.2, 0) is 21.9 Å². The van der Waals surface area contributed by atoms with Gasteiger partial charge in [0, 0.05) is 37.1 Å². The maximum Gasteiger partial charge on any atom is 0.252 e. The minimum atomic E-state index is -4.25. The summed E-state index contributed by atoms with van der Waals surface area (Å²) in [6.07, 6.45) is 2.14. The van der Waals surface area contributed by atoms with Crippen molar-refractivity contribution in [2.45, 2.75) is 17.4 Å². The van der Waals surface area contributed by atoms with E-state index in [0.717, 1.165) is 10.4 Å². The second-order valence-corrected chi connectivity index (χ2v) is 8.70. The Balaban J connectivity index is 1.66. The lowest BCUT2D eigenvalue weighted by Gasteiger charge is -2.38. The number of rotatable bonds is 5. The van der Waals surface area contributed by atoms with Crippen LogP contribution in [0.2, 0.25) is 0 Å². The topological polar surface area (TPSA) is 134 Å². The van der Waals surface area contributed by atoms with Crippen LogP contribution in [-0.4, -0.2) is 52.3 Å². The molecule has 12 heteroatoms. The van der Waals surface area contributed by atoms with Crippen LogP contribution in [0.5, 0.6) is 0 Å². The highest BCUT2D eigenvalue weighted by molar-refractivity contribution is 7.89. The largest absolute Gasteiger partial charge is 0.324 e. The summed E-state index contributed by atoms with van der Waals surface area (Å²) in [6, 6.07) is 4.01. The molecule has 0 radical (unpaired) electrons. The van der Waals surface area contributed by atoms with Gasteiger partial charge in [0.05, 0.1) is 5.39 Å². The second kappa shape index (κ2) is 7.15. The number of fused-ring (bicyclic) bond motifs is 1. The van der Waals surface area contributed by atoms with Gasteiger partial charge in [0.15, 0.2) is 0 Å². The molecule has 1 aliphatic rings. The number of anilines is 1. The lowest BCUT2D eigenvalue weighted by molar-refractivity contribution is -0.122. The fourth-order valence-electron chi connectivity index (χ4n) is 3.23. The predicted octanol–water partition coefficient (Wildman–Crippen LogP) is 0.615. The van der Waals surface area contributed by atoms with Gasteiger partial charge in [-0.15, -0.1) is 0 Å². The number of hydrogen-bond acceptors (Lipinski definition) is 6. The van der Waals surface area contributed by atoms with Gasteiger partial charge in [-0.3, -0.25) is 19.5 Å². The average molecular weight is 433 g/mol. The first kappa shape index (κ1) is 19.9. The number of carbonyl (C=O) groups excluding carboxylic acids is 2. The van der Waals surface area contributed by atoms with Gasteiger partial charge in [-0.25, -0.2) is 8.42 Å². The monoisotopic (exact) mass is 433 g/mol. The SMILES string of the molecule is Cn1ccc(NC(=O)[C@@H]2CCN2S(=O)(=O)c2cc(C=O)cc3c(F)[nH]nc23)cc1=O. The summed E-state index contributed by atoms with van der Waals surface area (Å²) in [5.74, 6) is -1.47. The number of benzene rings is 1. The number of carbonyl (C=O) groups is 2. The zero-order valence-electron chi connectivity index (χ0n) is 15.6. The Hall–Kier alpha value is -3.38. The van der Waals surface area contributed by atoms with Crippen molar-refractivity contribution in [1.82, 2.24) is 19.1 Å². The highest BCUT2D eigenvalue weighted by Gasteiger charge is 2.44. The second-order valence-electron chi connectivity index (χ2n) is 6.84. The summed E-state index contributed by atoms with van der Waals surface area (Å²) in [5, 5.41) is 8.16. The lowest BCUT2D eigenvalue weighted by Crippen LogP contribution is -2.56. The number of aryl methyl sites for hydroxylation is 1. The summed E-state index contributed by atoms with van der Waals surface area (Å²) in [4.78, 5) is 35.1. The van der Waals surface area contributed by atoms with Gasteiger partial charge in [0.25, 0.3) is 5.56 Å². The van der Waals surface area contributed by atoms with Crippen LogP contribution < -0.4 is 10.9 Å². The number of H-pyrrole nitrogens is 1. The number of aromatic nitrogens is 3. The van der Waals surface area contributed by atoms with Crippen molar-refractivity contribution in [1.29, 1.82) is 0 Å². The molecular formula is C18H16FN5O5S. The Morgan fingerprint density at radius 1 is 1.37 bits per heavy atom. The molecule has 0 aliphatic carbocycles. The molecule has 1 aromatic carbocycles. The summed E-state index contributed by atoms with van der Waals surface area (Å²) in [7, 11) is -2.70. The van der Waals surface area contributed by atoms with Crippen molar-refractivity contribution < 1.29 is 22.4 Å². The van der Waals surface area contributed by atoms with E-state index < -0.39 is 27.9 Å². The van der Waals surface area contributed by atoms with Crippen LogP contribution >= 0.6 is 0 Å². The first-order chi connectivity index (χ1) is 14.2. The maximum absolute atomic E-state index is 13.9. The standard InChI is InChI=1S/C18H16FN5O5S/c1-23-4-2-11(8-15(23)26)20-18(27)13-3-5-24(13)30(28,29)14-7-10(9-25)6-12-16(14)21-22-17(12)19/h2,4,6-9,13H,3,5H2,1H3,(H,20,27)(H,21,22)/t13-/m0/s1. The van der Waals surface area contributed by atoms with Gasteiger partial charge in [-0.1, -0.05) is 0 Å². The van der Waals surface area contributed by atoms with Crippen molar-refractivity contribution in [3.63, 3.8) is 0 Å². The molecule has 3 heterocycles. The lowest BCUT2D eigenvalue weighted by atomic mass is 10.1. The fraction of sp³-hybridized carbons (Fsp3) is 0.222. The van der Waals surface area contributed by atoms with Crippen LogP contribution in [0.3, 0.4) is 0 Å². The van der Waals surface area contributed by atoms with E-state index in [0.29, 0.717) is 6.29 Å². The van der Waals surface area contributed by atoms with Crippen molar-refractivity contribution in [3.05, 3.63) is 52.3 Å². The molecule has 0 saturated carbocycles. The van der Waals surface area contributed by atoms with Crippen LogP contribution in [0.15, 0.2) is 40.2 Å². The third-order valence-electron chi connectivity index (χ3n) is 4.97. The van der Waals surface area contributed by atoms with E-state index in [9.17, 15) is 27.2 Å². The zero-order chi connectivity index (χ0) is 21.6. The third kappa shape index (κ3) is 3.19. The first-order valence-corrected chi connectivity index (χ1v) is 10.3. The van der Waals surface area contributed by atoms with Crippen LogP contribution in [0.25, 0.3) is 10.9 Å². The molecule has 156 valence electrons. The molecule has 0 spiro atoms. The van der Waals surface area contributed by atoms with E-state index in [-0.39, 0.29) is 45.6 Å². The minimum absolute atomic E-state index is 0.0389. The van der Waals surface area contributed by atoms with Crippen molar-refractivity contribution in [2.24, 2.45) is 7.05 Å². The van der Waals surface area contributed by atoms with Gasteiger partial charge in [-0.2, -0.15) is 13.8 Å². The third-order valence-corrected chi connectivity index (χ3v) is 6.89. The molecule has 1 atom stereocenters. The molecule has 1 saturated heterocycles. The number of nitrogens with one attached hydrogen (secondary N) is 2. The van der Waals surface area contributed by atoms with Crippen LogP contribution in [0, 0.1) is 5.95 Å². The Kier molecular flexibility index (Phi) is 4.74. The molecule has 4 rings (SSSR count). The summed E-state index contributed by atoms with van der Waals surface area (Å²) in [6.45, 7) is 0.0662. The van der Waals surface area contributed by atoms with E-state index in [2.05, 4.69) is 15.5 Å². The maximum atomic E-state index is 13.9. The van der Waals surface area contributed by atoms with Crippen molar-refractivity contribution in [2.75, 3.05) is 11.9 Å². The number of amides is 1. The molecule has 3 aromatic rings. The van der Waals surface area contributed by atoms with E-state index >= 15 is 0 Å². The zero-order valence-corrected chi connectivity index (χ0v) is 16.4. The number of halogens is 1. The molecule has 1 amide bonds. The molecular weight excluding hydrogens is 417 g/mol. The molecule has 1 aliphatic heterocycles. The van der Waals surface area contributed by atoms with Crippen molar-refractivity contribution >= 4 is 38.8 Å².